The second-order valence-corrected chi connectivity index (χ2v) is 13.4. The van der Waals surface area contributed by atoms with E-state index in [0.717, 1.165) is 34.1 Å². The number of benzene rings is 7. The van der Waals surface area contributed by atoms with E-state index in [1.54, 1.807) is 0 Å². The fourth-order valence-electron chi connectivity index (χ4n) is 8.40. The van der Waals surface area contributed by atoms with Crippen LogP contribution < -0.4 is 9.80 Å². The Morgan fingerprint density at radius 3 is 1.42 bits per heavy atom. The Bertz CT molecular complexity index is 2410. The number of rotatable bonds is 8. The third-order valence-electron chi connectivity index (χ3n) is 10.5. The minimum atomic E-state index is -0.520. The van der Waals surface area contributed by atoms with Gasteiger partial charge in [-0.2, -0.15) is 0 Å². The zero-order chi connectivity index (χ0) is 35.1. The van der Waals surface area contributed by atoms with Gasteiger partial charge in [-0.15, -0.1) is 0 Å². The van der Waals surface area contributed by atoms with Crippen LogP contribution in [0.2, 0.25) is 0 Å². The van der Waals surface area contributed by atoms with Crippen molar-refractivity contribution in [3.63, 3.8) is 0 Å². The van der Waals surface area contributed by atoms with E-state index >= 15 is 0 Å². The van der Waals surface area contributed by atoms with Gasteiger partial charge in [0.25, 0.3) is 0 Å². The third-order valence-corrected chi connectivity index (χ3v) is 10.5. The summed E-state index contributed by atoms with van der Waals surface area (Å²) in [6, 6.07) is 64.0. The first-order chi connectivity index (χ1) is 25.7. The highest BCUT2D eigenvalue weighted by Crippen LogP contribution is 2.64. The van der Waals surface area contributed by atoms with E-state index in [1.165, 1.54) is 44.5 Å². The van der Waals surface area contributed by atoms with Crippen molar-refractivity contribution in [3.8, 4) is 22.3 Å². The van der Waals surface area contributed by atoms with Crippen molar-refractivity contribution in [1.82, 2.24) is 0 Å². The first-order valence-electron chi connectivity index (χ1n) is 17.9. The third kappa shape index (κ3) is 4.87. The van der Waals surface area contributed by atoms with Crippen LogP contribution in [0.5, 0.6) is 0 Å². The fourth-order valence-corrected chi connectivity index (χ4v) is 8.40. The molecule has 0 aromatic heterocycles. The molecule has 0 atom stereocenters. The van der Waals surface area contributed by atoms with E-state index in [0.29, 0.717) is 0 Å². The molecule has 0 radical (unpaired) electrons. The van der Waals surface area contributed by atoms with Crippen LogP contribution >= 0.6 is 0 Å². The van der Waals surface area contributed by atoms with E-state index in [2.05, 4.69) is 204 Å². The van der Waals surface area contributed by atoms with Gasteiger partial charge in [0.15, 0.2) is 0 Å². The second kappa shape index (κ2) is 12.9. The summed E-state index contributed by atoms with van der Waals surface area (Å²) in [6.07, 6.45) is 8.21. The van der Waals surface area contributed by atoms with Gasteiger partial charge in [-0.3, -0.25) is 0 Å². The van der Waals surface area contributed by atoms with Crippen LogP contribution in [0.1, 0.15) is 29.2 Å². The number of nitrogens with zero attached hydrogens (tertiary/aromatic N) is 2. The molecule has 0 bridgehead atoms. The monoisotopic (exact) mass is 666 g/mol. The largest absolute Gasteiger partial charge is 0.311 e. The molecule has 9 rings (SSSR count). The van der Waals surface area contributed by atoms with Crippen molar-refractivity contribution in [2.75, 3.05) is 9.80 Å². The molecule has 2 aliphatic rings. The standard InChI is InChI=1S/C50H38N2/c1-3-4-8-19-36(2)51(37-20-9-5-10-21-37)40-30-32-44-45-33-31-41(52(38-22-11-6-12-23-38)39-24-13-7-14-25-39)35-49(45)50(48(44)34-40)46-28-17-15-26-42(46)43-27-16-18-29-47(43)50/h3-35H,2H2,1H3/b4-3-,19-8-. The van der Waals surface area contributed by atoms with Crippen LogP contribution in [0.4, 0.5) is 28.4 Å². The SMILES string of the molecule is C=C(/C=C\C=C/C)N(c1ccccc1)c1ccc2c(c1)C1(c3ccccc3-c3ccccc31)c1cc(N(c3ccccc3)c3ccccc3)ccc1-2. The number of hydrogen-bond acceptors (Lipinski definition) is 2. The Morgan fingerprint density at radius 1 is 0.442 bits per heavy atom. The van der Waals surface area contributed by atoms with Gasteiger partial charge in [-0.1, -0.05) is 140 Å². The van der Waals surface area contributed by atoms with Crippen LogP contribution in [0.3, 0.4) is 0 Å². The fraction of sp³-hybridized carbons (Fsp3) is 0.0400. The maximum absolute atomic E-state index is 4.56. The van der Waals surface area contributed by atoms with Crippen molar-refractivity contribution in [2.24, 2.45) is 0 Å². The van der Waals surface area contributed by atoms with Crippen LogP contribution in [-0.2, 0) is 5.41 Å². The summed E-state index contributed by atoms with van der Waals surface area (Å²) in [5, 5.41) is 0. The van der Waals surface area contributed by atoms with Crippen LogP contribution in [-0.4, -0.2) is 0 Å². The molecule has 0 N–H and O–H groups in total. The van der Waals surface area contributed by atoms with Gasteiger partial charge in [-0.25, -0.2) is 0 Å². The molecule has 2 heteroatoms. The predicted molar refractivity (Wildman–Crippen MR) is 219 cm³/mol. The molecular formula is C50H38N2. The molecule has 52 heavy (non-hydrogen) atoms. The van der Waals surface area contributed by atoms with Gasteiger partial charge in [-0.05, 0) is 118 Å². The van der Waals surface area contributed by atoms with Gasteiger partial charge >= 0.3 is 0 Å². The topological polar surface area (TPSA) is 6.48 Å². The number of para-hydroxylation sites is 3. The minimum Gasteiger partial charge on any atom is -0.311 e. The first-order valence-corrected chi connectivity index (χ1v) is 17.9. The molecule has 0 fully saturated rings. The highest BCUT2D eigenvalue weighted by molar-refractivity contribution is 5.97. The zero-order valence-electron chi connectivity index (χ0n) is 29.2. The summed E-state index contributed by atoms with van der Waals surface area (Å²) in [4.78, 5) is 4.63. The van der Waals surface area contributed by atoms with Crippen LogP contribution in [0, 0.1) is 0 Å². The van der Waals surface area contributed by atoms with Gasteiger partial charge in [0, 0.05) is 34.1 Å². The molecule has 248 valence electrons. The van der Waals surface area contributed by atoms with Gasteiger partial charge in [0.1, 0.15) is 0 Å². The number of hydrogen-bond donors (Lipinski definition) is 0. The average molecular weight is 667 g/mol. The molecule has 0 saturated heterocycles. The molecule has 7 aromatic rings. The Morgan fingerprint density at radius 2 is 0.885 bits per heavy atom. The molecule has 0 amide bonds. The maximum Gasteiger partial charge on any atom is 0.0727 e. The summed E-state index contributed by atoms with van der Waals surface area (Å²) < 4.78 is 0. The molecule has 0 aliphatic heterocycles. The predicted octanol–water partition coefficient (Wildman–Crippen LogP) is 13.3. The lowest BCUT2D eigenvalue weighted by molar-refractivity contribution is 0.793. The molecule has 1 spiro atoms. The summed E-state index contributed by atoms with van der Waals surface area (Å²) >= 11 is 0. The molecule has 2 nitrogen and oxygen atoms in total. The summed E-state index contributed by atoms with van der Waals surface area (Å²) in [5.41, 5.74) is 16.2. The number of anilines is 5. The lowest BCUT2D eigenvalue weighted by Crippen LogP contribution is -2.26. The quantitative estimate of drug-likeness (QED) is 0.149. The molecule has 2 aliphatic carbocycles. The normalized spacial score (nSPS) is 13.2. The smallest absolute Gasteiger partial charge is 0.0727 e. The second-order valence-electron chi connectivity index (χ2n) is 13.4. The average Bonchev–Trinajstić information content (AvgIpc) is 3.66. The van der Waals surface area contributed by atoms with Crippen molar-refractivity contribution < 1.29 is 0 Å². The van der Waals surface area contributed by atoms with E-state index in [1.807, 2.05) is 19.1 Å². The molecule has 0 heterocycles. The summed E-state index contributed by atoms with van der Waals surface area (Å²) in [5.74, 6) is 0. The van der Waals surface area contributed by atoms with Crippen molar-refractivity contribution in [3.05, 3.63) is 235 Å². The van der Waals surface area contributed by atoms with Crippen molar-refractivity contribution in [1.29, 1.82) is 0 Å². The van der Waals surface area contributed by atoms with E-state index < -0.39 is 5.41 Å². The maximum atomic E-state index is 4.56. The Hall–Kier alpha value is -6.64. The number of fused-ring (bicyclic) bond motifs is 10. The highest BCUT2D eigenvalue weighted by atomic mass is 15.1. The lowest BCUT2D eigenvalue weighted by Gasteiger charge is -2.33. The molecule has 7 aromatic carbocycles. The van der Waals surface area contributed by atoms with Crippen LogP contribution in [0.15, 0.2) is 213 Å². The highest BCUT2D eigenvalue weighted by Gasteiger charge is 2.52. The van der Waals surface area contributed by atoms with Gasteiger partial charge in [0.05, 0.1) is 5.41 Å². The molecule has 0 unspecified atom stereocenters. The molecular weight excluding hydrogens is 629 g/mol. The molecule has 0 saturated carbocycles. The lowest BCUT2D eigenvalue weighted by atomic mass is 9.70. The first kappa shape index (κ1) is 31.3. The Kier molecular flexibility index (Phi) is 7.79. The van der Waals surface area contributed by atoms with Gasteiger partial charge in [0.2, 0.25) is 0 Å². The number of allylic oxidation sites excluding steroid dienone is 4. The van der Waals surface area contributed by atoms with Crippen molar-refractivity contribution in [2.45, 2.75) is 12.3 Å². The Labute approximate surface area is 306 Å². The summed E-state index contributed by atoms with van der Waals surface area (Å²) in [6.45, 7) is 6.59. The summed E-state index contributed by atoms with van der Waals surface area (Å²) in [7, 11) is 0. The zero-order valence-corrected chi connectivity index (χ0v) is 29.2. The van der Waals surface area contributed by atoms with Crippen LogP contribution in [0.25, 0.3) is 22.3 Å². The van der Waals surface area contributed by atoms with E-state index in [4.69, 9.17) is 0 Å². The van der Waals surface area contributed by atoms with Crippen molar-refractivity contribution >= 4 is 28.4 Å². The van der Waals surface area contributed by atoms with E-state index in [9.17, 15) is 0 Å². The van der Waals surface area contributed by atoms with Gasteiger partial charge < -0.3 is 9.80 Å². The minimum absolute atomic E-state index is 0.520. The van der Waals surface area contributed by atoms with E-state index in [-0.39, 0.29) is 0 Å². The Balaban J connectivity index is 1.32.